The van der Waals surface area contributed by atoms with Crippen LogP contribution in [0.15, 0.2) is 24.3 Å². The van der Waals surface area contributed by atoms with E-state index in [2.05, 4.69) is 20.6 Å². The molecule has 2 aromatic rings. The van der Waals surface area contributed by atoms with E-state index in [0.29, 0.717) is 22.7 Å². The quantitative estimate of drug-likeness (QED) is 0.750. The lowest BCUT2D eigenvalue weighted by Gasteiger charge is -2.14. The number of hydrogen-bond acceptors (Lipinski definition) is 5. The number of benzene rings is 1. The number of rotatable bonds is 6. The van der Waals surface area contributed by atoms with Gasteiger partial charge in [-0.1, -0.05) is 11.6 Å². The van der Waals surface area contributed by atoms with Crippen LogP contribution in [0.1, 0.15) is 31.4 Å². The molecule has 0 unspecified atom stereocenters. The zero-order valence-electron chi connectivity index (χ0n) is 12.7. The van der Waals surface area contributed by atoms with E-state index >= 15 is 0 Å². The lowest BCUT2D eigenvalue weighted by Crippen LogP contribution is -2.21. The molecule has 0 spiro atoms. The minimum atomic E-state index is -0.404. The second kappa shape index (κ2) is 6.68. The Balaban J connectivity index is 1.89. The molecule has 0 saturated heterocycles. The van der Waals surface area contributed by atoms with Gasteiger partial charge in [-0.15, -0.1) is 0 Å². The third kappa shape index (κ3) is 4.09. The van der Waals surface area contributed by atoms with Gasteiger partial charge >= 0.3 is 0 Å². The molecule has 3 N–H and O–H groups in total. The SMILES string of the molecule is C[C@H](CO)Nc1nc(Nc2cc(Cl)ccc2F)cc(C2CC2)n1. The summed E-state index contributed by atoms with van der Waals surface area (Å²) in [6.45, 7) is 1.81. The molecular formula is C16H18ClFN4O. The van der Waals surface area contributed by atoms with E-state index in [1.165, 1.54) is 18.2 Å². The molecule has 23 heavy (non-hydrogen) atoms. The molecule has 7 heteroatoms. The molecule has 122 valence electrons. The lowest BCUT2D eigenvalue weighted by atomic mass is 10.2. The van der Waals surface area contributed by atoms with Crippen molar-refractivity contribution in [2.75, 3.05) is 17.2 Å². The van der Waals surface area contributed by atoms with E-state index in [1.807, 2.05) is 13.0 Å². The van der Waals surface area contributed by atoms with Crippen LogP contribution in [0.5, 0.6) is 0 Å². The number of aromatic nitrogens is 2. The highest BCUT2D eigenvalue weighted by Gasteiger charge is 2.26. The Bertz CT molecular complexity index is 708. The van der Waals surface area contributed by atoms with Crippen LogP contribution in [0.2, 0.25) is 5.02 Å². The van der Waals surface area contributed by atoms with Crippen LogP contribution in [0.4, 0.5) is 21.8 Å². The molecule has 5 nitrogen and oxygen atoms in total. The normalized spacial score (nSPS) is 15.3. The maximum Gasteiger partial charge on any atom is 0.225 e. The Labute approximate surface area is 138 Å². The van der Waals surface area contributed by atoms with Crippen LogP contribution in [0.25, 0.3) is 0 Å². The second-order valence-electron chi connectivity index (χ2n) is 5.75. The van der Waals surface area contributed by atoms with Crippen molar-refractivity contribution < 1.29 is 9.50 Å². The number of hydrogen-bond donors (Lipinski definition) is 3. The van der Waals surface area contributed by atoms with Gasteiger partial charge in [0.1, 0.15) is 11.6 Å². The third-order valence-electron chi connectivity index (χ3n) is 3.58. The molecule has 3 rings (SSSR count). The fourth-order valence-corrected chi connectivity index (χ4v) is 2.35. The van der Waals surface area contributed by atoms with Crippen molar-refractivity contribution in [3.05, 3.63) is 40.8 Å². The van der Waals surface area contributed by atoms with Gasteiger partial charge in [0, 0.05) is 23.0 Å². The summed E-state index contributed by atoms with van der Waals surface area (Å²) in [7, 11) is 0. The van der Waals surface area contributed by atoms with Crippen LogP contribution in [0.3, 0.4) is 0 Å². The highest BCUT2D eigenvalue weighted by Crippen LogP contribution is 2.40. The van der Waals surface area contributed by atoms with Crippen molar-refractivity contribution >= 4 is 29.1 Å². The first-order valence-electron chi connectivity index (χ1n) is 7.53. The summed E-state index contributed by atoms with van der Waals surface area (Å²) in [6, 6.07) is 5.97. The molecule has 1 aromatic carbocycles. The smallest absolute Gasteiger partial charge is 0.225 e. The maximum absolute atomic E-state index is 13.9. The Morgan fingerprint density at radius 3 is 2.83 bits per heavy atom. The fourth-order valence-electron chi connectivity index (χ4n) is 2.18. The third-order valence-corrected chi connectivity index (χ3v) is 3.82. The summed E-state index contributed by atoms with van der Waals surface area (Å²) in [5.74, 6) is 0.934. The summed E-state index contributed by atoms with van der Waals surface area (Å²) >= 11 is 5.91. The van der Waals surface area contributed by atoms with Crippen molar-refractivity contribution in [1.29, 1.82) is 0 Å². The Kier molecular flexibility index (Phi) is 4.63. The first-order chi connectivity index (χ1) is 11.0. The van der Waals surface area contributed by atoms with Crippen LogP contribution in [-0.2, 0) is 0 Å². The van der Waals surface area contributed by atoms with Gasteiger partial charge in [0.15, 0.2) is 0 Å². The minimum absolute atomic E-state index is 0.0251. The van der Waals surface area contributed by atoms with E-state index in [0.717, 1.165) is 18.5 Å². The average molecular weight is 337 g/mol. The monoisotopic (exact) mass is 336 g/mol. The molecule has 0 radical (unpaired) electrons. The molecule has 1 saturated carbocycles. The lowest BCUT2D eigenvalue weighted by molar-refractivity contribution is 0.281. The van der Waals surface area contributed by atoms with E-state index in [9.17, 15) is 4.39 Å². The zero-order chi connectivity index (χ0) is 16.4. The predicted molar refractivity (Wildman–Crippen MR) is 88.9 cm³/mol. The standard InChI is InChI=1S/C16H18ClFN4O/c1-9(8-23)19-16-21-13(10-2-3-10)7-15(22-16)20-14-6-11(17)4-5-12(14)18/h4-7,9-10,23H,2-3,8H2,1H3,(H2,19,20,21,22)/t9-/m1/s1. The van der Waals surface area contributed by atoms with Crippen molar-refractivity contribution in [2.45, 2.75) is 31.7 Å². The van der Waals surface area contributed by atoms with E-state index in [-0.39, 0.29) is 18.3 Å². The largest absolute Gasteiger partial charge is 0.394 e. The fraction of sp³-hybridized carbons (Fsp3) is 0.375. The highest BCUT2D eigenvalue weighted by molar-refractivity contribution is 6.30. The van der Waals surface area contributed by atoms with Gasteiger partial charge in [-0.25, -0.2) is 9.37 Å². The van der Waals surface area contributed by atoms with Crippen molar-refractivity contribution in [3.63, 3.8) is 0 Å². The topological polar surface area (TPSA) is 70.1 Å². The summed E-state index contributed by atoms with van der Waals surface area (Å²) in [5, 5.41) is 15.6. The van der Waals surface area contributed by atoms with Crippen LogP contribution in [0, 0.1) is 5.82 Å². The van der Waals surface area contributed by atoms with Crippen LogP contribution >= 0.6 is 11.6 Å². The number of halogens is 2. The van der Waals surface area contributed by atoms with E-state index in [1.54, 1.807) is 0 Å². The molecule has 1 aromatic heterocycles. The first-order valence-corrected chi connectivity index (χ1v) is 7.91. The molecule has 1 aliphatic carbocycles. The van der Waals surface area contributed by atoms with Gasteiger partial charge in [-0.2, -0.15) is 4.98 Å². The summed E-state index contributed by atoms with van der Waals surface area (Å²) < 4.78 is 13.9. The summed E-state index contributed by atoms with van der Waals surface area (Å²) in [4.78, 5) is 8.82. The zero-order valence-corrected chi connectivity index (χ0v) is 13.4. The average Bonchev–Trinajstić information content (AvgIpc) is 3.35. The molecule has 1 fully saturated rings. The van der Waals surface area contributed by atoms with Gasteiger partial charge in [0.25, 0.3) is 0 Å². The maximum atomic E-state index is 13.9. The first kappa shape index (κ1) is 16.0. The molecule has 1 atom stereocenters. The molecule has 0 amide bonds. The van der Waals surface area contributed by atoms with Gasteiger partial charge in [0.2, 0.25) is 5.95 Å². The van der Waals surface area contributed by atoms with E-state index in [4.69, 9.17) is 16.7 Å². The van der Waals surface area contributed by atoms with Crippen LogP contribution < -0.4 is 10.6 Å². The summed E-state index contributed by atoms with van der Waals surface area (Å²) in [5.41, 5.74) is 1.18. The van der Waals surface area contributed by atoms with Crippen molar-refractivity contribution in [2.24, 2.45) is 0 Å². The number of aliphatic hydroxyl groups excluding tert-OH is 1. The van der Waals surface area contributed by atoms with Gasteiger partial charge in [0.05, 0.1) is 18.0 Å². The Morgan fingerprint density at radius 1 is 1.35 bits per heavy atom. The van der Waals surface area contributed by atoms with Crippen molar-refractivity contribution in [1.82, 2.24) is 9.97 Å². The number of nitrogens with one attached hydrogen (secondary N) is 2. The molecular weight excluding hydrogens is 319 g/mol. The minimum Gasteiger partial charge on any atom is -0.394 e. The Hall–Kier alpha value is -1.92. The highest BCUT2D eigenvalue weighted by atomic mass is 35.5. The van der Waals surface area contributed by atoms with Gasteiger partial charge in [-0.05, 0) is 38.0 Å². The molecule has 1 heterocycles. The Morgan fingerprint density at radius 2 is 2.13 bits per heavy atom. The predicted octanol–water partition coefficient (Wildman–Crippen LogP) is 3.68. The van der Waals surface area contributed by atoms with Gasteiger partial charge < -0.3 is 15.7 Å². The van der Waals surface area contributed by atoms with Gasteiger partial charge in [-0.3, -0.25) is 0 Å². The van der Waals surface area contributed by atoms with Crippen LogP contribution in [-0.4, -0.2) is 27.7 Å². The molecule has 0 aliphatic heterocycles. The summed E-state index contributed by atoms with van der Waals surface area (Å²) in [6.07, 6.45) is 2.19. The molecule has 0 bridgehead atoms. The molecule has 1 aliphatic rings. The van der Waals surface area contributed by atoms with E-state index < -0.39 is 5.82 Å². The number of aliphatic hydroxyl groups is 1. The second-order valence-corrected chi connectivity index (χ2v) is 6.19. The number of nitrogens with zero attached hydrogens (tertiary/aromatic N) is 2. The van der Waals surface area contributed by atoms with Crippen molar-refractivity contribution in [3.8, 4) is 0 Å². The number of anilines is 3.